The minimum atomic E-state index is -0.444. The first kappa shape index (κ1) is 18.3. The summed E-state index contributed by atoms with van der Waals surface area (Å²) < 4.78 is 24.0. The van der Waals surface area contributed by atoms with Crippen LogP contribution in [0.4, 0.5) is 10.4 Å². The van der Waals surface area contributed by atoms with Crippen LogP contribution in [0.5, 0.6) is 11.6 Å². The highest BCUT2D eigenvalue weighted by atomic mass is 19.1. The standard InChI is InChI=1S/C21H15FN4O3/c22-16-9-6-14(7-10-16)12-19-25-26-21(29-19)24-20(27)15-8-11-18(23-13-15)28-17-4-2-1-3-5-17/h1-11,13H,12H2,(H,24,26,27). The molecule has 29 heavy (non-hydrogen) atoms. The van der Waals surface area contributed by atoms with Crippen LogP contribution >= 0.6 is 0 Å². The van der Waals surface area contributed by atoms with E-state index in [1.165, 1.54) is 18.3 Å². The smallest absolute Gasteiger partial charge is 0.322 e. The number of halogens is 1. The molecule has 0 aliphatic heterocycles. The lowest BCUT2D eigenvalue weighted by Gasteiger charge is -2.05. The Kier molecular flexibility index (Phi) is 5.24. The van der Waals surface area contributed by atoms with E-state index in [0.29, 0.717) is 29.5 Å². The Labute approximate surface area is 165 Å². The van der Waals surface area contributed by atoms with Gasteiger partial charge in [0.25, 0.3) is 5.91 Å². The highest BCUT2D eigenvalue weighted by molar-refractivity contribution is 6.02. The Balaban J connectivity index is 1.36. The quantitative estimate of drug-likeness (QED) is 0.530. The third-order valence-electron chi connectivity index (χ3n) is 3.92. The SMILES string of the molecule is O=C(Nc1nnc(Cc2ccc(F)cc2)o1)c1ccc(Oc2ccccc2)nc1. The molecule has 1 N–H and O–H groups in total. The maximum atomic E-state index is 13.0. The van der Waals surface area contributed by atoms with Crippen LogP contribution in [0.1, 0.15) is 21.8 Å². The predicted molar refractivity (Wildman–Crippen MR) is 102 cm³/mol. The fraction of sp³-hybridized carbons (Fsp3) is 0.0476. The number of carbonyl (C=O) groups is 1. The van der Waals surface area contributed by atoms with Gasteiger partial charge in [-0.1, -0.05) is 35.4 Å². The highest BCUT2D eigenvalue weighted by Crippen LogP contribution is 2.19. The van der Waals surface area contributed by atoms with Gasteiger partial charge in [0.05, 0.1) is 12.0 Å². The van der Waals surface area contributed by atoms with Crippen LogP contribution < -0.4 is 10.1 Å². The number of rotatable bonds is 6. The van der Waals surface area contributed by atoms with E-state index in [1.807, 2.05) is 18.2 Å². The van der Waals surface area contributed by atoms with E-state index in [4.69, 9.17) is 9.15 Å². The lowest BCUT2D eigenvalue weighted by molar-refractivity contribution is 0.102. The van der Waals surface area contributed by atoms with E-state index >= 15 is 0 Å². The van der Waals surface area contributed by atoms with Crippen LogP contribution in [0.25, 0.3) is 0 Å². The zero-order chi connectivity index (χ0) is 20.1. The summed E-state index contributed by atoms with van der Waals surface area (Å²) in [7, 11) is 0. The third-order valence-corrected chi connectivity index (χ3v) is 3.92. The van der Waals surface area contributed by atoms with E-state index in [9.17, 15) is 9.18 Å². The molecule has 0 spiro atoms. The van der Waals surface area contributed by atoms with Crippen molar-refractivity contribution < 1.29 is 18.3 Å². The van der Waals surface area contributed by atoms with Gasteiger partial charge in [0.1, 0.15) is 11.6 Å². The summed E-state index contributed by atoms with van der Waals surface area (Å²) in [5.41, 5.74) is 1.12. The van der Waals surface area contributed by atoms with E-state index in [0.717, 1.165) is 5.56 Å². The zero-order valence-electron chi connectivity index (χ0n) is 15.1. The minimum Gasteiger partial charge on any atom is -0.439 e. The van der Waals surface area contributed by atoms with Crippen molar-refractivity contribution in [3.63, 3.8) is 0 Å². The predicted octanol–water partition coefficient (Wildman–Crippen LogP) is 4.24. The molecule has 2 aromatic heterocycles. The maximum absolute atomic E-state index is 13.0. The van der Waals surface area contributed by atoms with Gasteiger partial charge in [-0.05, 0) is 35.9 Å². The second-order valence-electron chi connectivity index (χ2n) is 6.06. The molecular formula is C21H15FN4O3. The van der Waals surface area contributed by atoms with Crippen LogP contribution in [0.15, 0.2) is 77.3 Å². The van der Waals surface area contributed by atoms with Gasteiger partial charge in [-0.25, -0.2) is 9.37 Å². The van der Waals surface area contributed by atoms with Crippen molar-refractivity contribution in [2.24, 2.45) is 0 Å². The molecule has 0 aliphatic carbocycles. The molecule has 0 bridgehead atoms. The molecule has 0 unspecified atom stereocenters. The number of hydrogen-bond donors (Lipinski definition) is 1. The average Bonchev–Trinajstić information content (AvgIpc) is 3.18. The van der Waals surface area contributed by atoms with Crippen molar-refractivity contribution in [2.45, 2.75) is 6.42 Å². The molecule has 2 heterocycles. The molecule has 0 aliphatic rings. The lowest BCUT2D eigenvalue weighted by atomic mass is 10.1. The number of aromatic nitrogens is 3. The van der Waals surface area contributed by atoms with Crippen LogP contribution in [0, 0.1) is 5.82 Å². The number of para-hydroxylation sites is 1. The maximum Gasteiger partial charge on any atom is 0.322 e. The van der Waals surface area contributed by atoms with Crippen LogP contribution in [0.3, 0.4) is 0 Å². The number of nitrogens with one attached hydrogen (secondary N) is 1. The van der Waals surface area contributed by atoms with Crippen LogP contribution in [0.2, 0.25) is 0 Å². The van der Waals surface area contributed by atoms with Gasteiger partial charge in [0.15, 0.2) is 0 Å². The first-order valence-electron chi connectivity index (χ1n) is 8.73. The van der Waals surface area contributed by atoms with Crippen molar-refractivity contribution in [3.8, 4) is 11.6 Å². The molecule has 0 saturated carbocycles. The number of carbonyl (C=O) groups excluding carboxylic acids is 1. The Hall–Kier alpha value is -4.07. The summed E-state index contributed by atoms with van der Waals surface area (Å²) >= 11 is 0. The number of anilines is 1. The van der Waals surface area contributed by atoms with E-state index < -0.39 is 5.91 Å². The van der Waals surface area contributed by atoms with Gasteiger partial charge in [-0.2, -0.15) is 0 Å². The minimum absolute atomic E-state index is 0.0308. The summed E-state index contributed by atoms with van der Waals surface area (Å²) in [6.07, 6.45) is 1.72. The molecule has 4 rings (SSSR count). The summed E-state index contributed by atoms with van der Waals surface area (Å²) in [4.78, 5) is 16.5. The summed E-state index contributed by atoms with van der Waals surface area (Å²) in [6, 6.07) is 18.3. The van der Waals surface area contributed by atoms with Crippen molar-refractivity contribution in [1.82, 2.24) is 15.2 Å². The second-order valence-corrected chi connectivity index (χ2v) is 6.06. The lowest BCUT2D eigenvalue weighted by Crippen LogP contribution is -2.12. The Morgan fingerprint density at radius 3 is 2.52 bits per heavy atom. The molecule has 4 aromatic rings. The second kappa shape index (κ2) is 8.30. The third kappa shape index (κ3) is 4.81. The zero-order valence-corrected chi connectivity index (χ0v) is 15.1. The van der Waals surface area contributed by atoms with Crippen molar-refractivity contribution >= 4 is 11.9 Å². The number of amides is 1. The molecule has 7 nitrogen and oxygen atoms in total. The summed E-state index contributed by atoms with van der Waals surface area (Å²) in [6.45, 7) is 0. The van der Waals surface area contributed by atoms with Gasteiger partial charge in [-0.15, -0.1) is 5.10 Å². The molecule has 144 valence electrons. The number of nitrogens with zero attached hydrogens (tertiary/aromatic N) is 3. The molecular weight excluding hydrogens is 375 g/mol. The molecule has 0 radical (unpaired) electrons. The van der Waals surface area contributed by atoms with Gasteiger partial charge >= 0.3 is 6.01 Å². The molecule has 0 atom stereocenters. The number of hydrogen-bond acceptors (Lipinski definition) is 6. The van der Waals surface area contributed by atoms with E-state index in [1.54, 1.807) is 36.4 Å². The van der Waals surface area contributed by atoms with Crippen molar-refractivity contribution in [2.75, 3.05) is 5.32 Å². The molecule has 0 saturated heterocycles. The molecule has 2 aromatic carbocycles. The van der Waals surface area contributed by atoms with Crippen LogP contribution in [-0.4, -0.2) is 21.1 Å². The molecule has 1 amide bonds. The molecule has 0 fully saturated rings. The Morgan fingerprint density at radius 2 is 1.79 bits per heavy atom. The van der Waals surface area contributed by atoms with Gasteiger partial charge in [0, 0.05) is 12.3 Å². The average molecular weight is 390 g/mol. The number of pyridine rings is 1. The van der Waals surface area contributed by atoms with Gasteiger partial charge in [0.2, 0.25) is 11.8 Å². The van der Waals surface area contributed by atoms with Crippen molar-refractivity contribution in [3.05, 3.63) is 95.8 Å². The van der Waals surface area contributed by atoms with E-state index in [2.05, 4.69) is 20.5 Å². The normalized spacial score (nSPS) is 10.5. The van der Waals surface area contributed by atoms with Gasteiger partial charge < -0.3 is 9.15 Å². The first-order valence-corrected chi connectivity index (χ1v) is 8.73. The fourth-order valence-electron chi connectivity index (χ4n) is 2.51. The summed E-state index contributed by atoms with van der Waals surface area (Å²) in [5.74, 6) is 0.558. The number of benzene rings is 2. The monoisotopic (exact) mass is 390 g/mol. The highest BCUT2D eigenvalue weighted by Gasteiger charge is 2.13. The molecule has 8 heteroatoms. The van der Waals surface area contributed by atoms with Crippen molar-refractivity contribution in [1.29, 1.82) is 0 Å². The Morgan fingerprint density at radius 1 is 1.00 bits per heavy atom. The van der Waals surface area contributed by atoms with Gasteiger partial charge in [-0.3, -0.25) is 10.1 Å². The summed E-state index contributed by atoms with van der Waals surface area (Å²) in [5, 5.41) is 10.2. The van der Waals surface area contributed by atoms with E-state index in [-0.39, 0.29) is 11.8 Å². The van der Waals surface area contributed by atoms with Crippen LogP contribution in [-0.2, 0) is 6.42 Å². The number of ether oxygens (including phenoxy) is 1. The Bertz CT molecular complexity index is 1100. The first-order chi connectivity index (χ1) is 14.2. The topological polar surface area (TPSA) is 90.1 Å². The largest absolute Gasteiger partial charge is 0.439 e. The fourth-order valence-corrected chi connectivity index (χ4v) is 2.51.